The molecule has 5 aromatic rings. The van der Waals surface area contributed by atoms with Gasteiger partial charge in [-0.05, 0) is 57.6 Å². The molecule has 14 heteroatoms. The summed E-state index contributed by atoms with van der Waals surface area (Å²) in [5.74, 6) is 1.66. The standard InChI is InChI=1S/C42H55N5O8Si/c1-26(2)56(27(3)4,28(5)6)54-25-52-37-36(48)34(55-40(37)47-24-44-35-38(47)45-41(43-7)46-39(35)49)23-53-42(29-13-11-10-12-14-29,30-15-19-32(50-8)20-16-30)31-17-21-33(51-9)22-18-31/h10-22,24,26-28,34,36-37,40,48H,23,25H2,1-9H3,(H2,43,45,46,49)/t34-,36-,37-,40-/m1/s1. The molecular formula is C42H55N5O8Si. The molecule has 4 atom stereocenters. The molecule has 1 aliphatic heterocycles. The van der Waals surface area contributed by atoms with Crippen LogP contribution < -0.4 is 20.3 Å². The third-order valence-corrected chi connectivity index (χ3v) is 17.2. The van der Waals surface area contributed by atoms with Crippen LogP contribution in [0, 0.1) is 0 Å². The van der Waals surface area contributed by atoms with Crippen LogP contribution in [0.5, 0.6) is 11.5 Å². The molecule has 3 heterocycles. The van der Waals surface area contributed by atoms with Crippen LogP contribution in [0.15, 0.2) is 90.0 Å². The number of ether oxygens (including phenoxy) is 5. The van der Waals surface area contributed by atoms with Crippen molar-refractivity contribution in [1.82, 2.24) is 19.5 Å². The number of benzene rings is 3. The number of aliphatic hydroxyl groups is 1. The van der Waals surface area contributed by atoms with Crippen LogP contribution in [0.25, 0.3) is 11.2 Å². The zero-order valence-electron chi connectivity index (χ0n) is 33.7. The van der Waals surface area contributed by atoms with Gasteiger partial charge < -0.3 is 38.5 Å². The van der Waals surface area contributed by atoms with Gasteiger partial charge in [-0.2, -0.15) is 4.98 Å². The van der Waals surface area contributed by atoms with E-state index in [2.05, 4.69) is 61.8 Å². The predicted molar refractivity (Wildman–Crippen MR) is 218 cm³/mol. The Labute approximate surface area is 329 Å². The normalized spacial score (nSPS) is 19.0. The fourth-order valence-electron chi connectivity index (χ4n) is 8.49. The lowest BCUT2D eigenvalue weighted by atomic mass is 9.80. The van der Waals surface area contributed by atoms with Crippen LogP contribution in [0.2, 0.25) is 16.6 Å². The van der Waals surface area contributed by atoms with Crippen molar-refractivity contribution in [3.63, 3.8) is 0 Å². The molecule has 56 heavy (non-hydrogen) atoms. The van der Waals surface area contributed by atoms with Gasteiger partial charge in [0.05, 0.1) is 27.2 Å². The first-order valence-corrected chi connectivity index (χ1v) is 21.3. The number of hydrogen-bond donors (Lipinski definition) is 3. The molecule has 300 valence electrons. The SMILES string of the molecule is CNc1nc2c(ncn2[C@@H]2O[C@H](COC(c3ccccc3)(c3ccc(OC)cc3)c3ccc(OC)cc3)[C@@H](O)[C@H]2OCO[Si](C(C)C)(C(C)C)C(C)C)c(=O)[nH]1. The Balaban J connectivity index is 1.41. The lowest BCUT2D eigenvalue weighted by molar-refractivity contribution is -0.114. The van der Waals surface area contributed by atoms with E-state index in [-0.39, 0.29) is 30.5 Å². The minimum atomic E-state index is -2.33. The van der Waals surface area contributed by atoms with E-state index < -0.39 is 44.0 Å². The van der Waals surface area contributed by atoms with Crippen LogP contribution in [0.1, 0.15) is 64.5 Å². The highest BCUT2D eigenvalue weighted by Crippen LogP contribution is 2.45. The number of rotatable bonds is 17. The van der Waals surface area contributed by atoms with E-state index in [1.54, 1.807) is 25.8 Å². The second kappa shape index (κ2) is 17.3. The summed E-state index contributed by atoms with van der Waals surface area (Å²) >= 11 is 0. The molecule has 1 aliphatic rings. The fourth-order valence-corrected chi connectivity index (χ4v) is 13.8. The summed E-state index contributed by atoms with van der Waals surface area (Å²) in [7, 11) is 2.59. The number of nitrogens with one attached hydrogen (secondary N) is 2. The maximum atomic E-state index is 13.0. The molecule has 2 aromatic heterocycles. The predicted octanol–water partition coefficient (Wildman–Crippen LogP) is 6.98. The molecule has 0 saturated carbocycles. The average Bonchev–Trinajstić information content (AvgIpc) is 3.77. The highest BCUT2D eigenvalue weighted by molar-refractivity contribution is 6.77. The minimum Gasteiger partial charge on any atom is -0.497 e. The number of H-pyrrole nitrogens is 1. The lowest BCUT2D eigenvalue weighted by Crippen LogP contribution is -2.49. The molecule has 0 bridgehead atoms. The Morgan fingerprint density at radius 1 is 0.875 bits per heavy atom. The second-order valence-corrected chi connectivity index (χ2v) is 20.5. The second-order valence-electron chi connectivity index (χ2n) is 15.1. The van der Waals surface area contributed by atoms with Gasteiger partial charge in [0.15, 0.2) is 17.4 Å². The highest BCUT2D eigenvalue weighted by Gasteiger charge is 2.50. The molecule has 13 nitrogen and oxygen atoms in total. The third kappa shape index (κ3) is 7.61. The van der Waals surface area contributed by atoms with E-state index in [9.17, 15) is 9.90 Å². The lowest BCUT2D eigenvalue weighted by Gasteiger charge is -2.42. The number of imidazole rings is 1. The average molecular weight is 786 g/mol. The van der Waals surface area contributed by atoms with Crippen molar-refractivity contribution in [2.75, 3.05) is 40.0 Å². The van der Waals surface area contributed by atoms with E-state index in [4.69, 9.17) is 28.1 Å². The Morgan fingerprint density at radius 3 is 1.95 bits per heavy atom. The zero-order valence-corrected chi connectivity index (χ0v) is 34.7. The summed E-state index contributed by atoms with van der Waals surface area (Å²) in [4.78, 5) is 24.7. The first-order valence-electron chi connectivity index (χ1n) is 19.1. The van der Waals surface area contributed by atoms with E-state index in [1.807, 2.05) is 78.9 Å². The number of aromatic nitrogens is 4. The van der Waals surface area contributed by atoms with Crippen molar-refractivity contribution in [3.05, 3.63) is 112 Å². The molecule has 0 unspecified atom stereocenters. The van der Waals surface area contributed by atoms with Gasteiger partial charge in [-0.3, -0.25) is 14.3 Å². The van der Waals surface area contributed by atoms with Crippen molar-refractivity contribution >= 4 is 25.4 Å². The fraction of sp³-hybridized carbons (Fsp3) is 0.452. The quantitative estimate of drug-likeness (QED) is 0.0509. The van der Waals surface area contributed by atoms with Gasteiger partial charge in [0.2, 0.25) is 14.3 Å². The molecule has 3 N–H and O–H groups in total. The minimum absolute atomic E-state index is 0.0516. The Morgan fingerprint density at radius 2 is 1.43 bits per heavy atom. The number of anilines is 1. The highest BCUT2D eigenvalue weighted by atomic mass is 28.4. The van der Waals surface area contributed by atoms with Gasteiger partial charge in [0, 0.05) is 7.05 Å². The summed E-state index contributed by atoms with van der Waals surface area (Å²) in [6.45, 7) is 13.1. The van der Waals surface area contributed by atoms with Crippen LogP contribution in [0.3, 0.4) is 0 Å². The molecule has 1 saturated heterocycles. The summed E-state index contributed by atoms with van der Waals surface area (Å²) in [6, 6.07) is 25.4. The van der Waals surface area contributed by atoms with Gasteiger partial charge in [0.1, 0.15) is 42.2 Å². The van der Waals surface area contributed by atoms with Crippen molar-refractivity contribution in [2.24, 2.45) is 0 Å². The van der Waals surface area contributed by atoms with Crippen molar-refractivity contribution < 1.29 is 33.2 Å². The molecular weight excluding hydrogens is 731 g/mol. The number of fused-ring (bicyclic) bond motifs is 1. The molecule has 6 rings (SSSR count). The van der Waals surface area contributed by atoms with E-state index in [1.165, 1.54) is 6.33 Å². The van der Waals surface area contributed by atoms with Crippen LogP contribution in [-0.4, -0.2) is 85.9 Å². The molecule has 1 fully saturated rings. The molecule has 0 aliphatic carbocycles. The maximum absolute atomic E-state index is 13.0. The number of methoxy groups -OCH3 is 2. The number of aromatic amines is 1. The Bertz CT molecular complexity index is 2020. The first kappa shape index (κ1) is 41.1. The molecule has 3 aromatic carbocycles. The monoisotopic (exact) mass is 785 g/mol. The summed E-state index contributed by atoms with van der Waals surface area (Å²) < 4.78 is 39.8. The Hall–Kier alpha value is -4.57. The van der Waals surface area contributed by atoms with Gasteiger partial charge in [0.25, 0.3) is 5.56 Å². The number of hydrogen-bond acceptors (Lipinski definition) is 11. The largest absolute Gasteiger partial charge is 0.497 e. The smallest absolute Gasteiger partial charge is 0.280 e. The maximum Gasteiger partial charge on any atom is 0.280 e. The zero-order chi connectivity index (χ0) is 40.2. The number of aliphatic hydroxyl groups excluding tert-OH is 1. The van der Waals surface area contributed by atoms with Crippen LogP contribution in [0.4, 0.5) is 5.95 Å². The topological polar surface area (TPSA) is 151 Å². The third-order valence-electron chi connectivity index (χ3n) is 11.2. The number of nitrogens with zero attached hydrogens (tertiary/aromatic N) is 3. The van der Waals surface area contributed by atoms with Crippen molar-refractivity contribution in [1.29, 1.82) is 0 Å². The molecule has 0 spiro atoms. The molecule has 0 amide bonds. The van der Waals surface area contributed by atoms with Crippen molar-refractivity contribution in [2.45, 2.75) is 88.3 Å². The summed E-state index contributed by atoms with van der Waals surface area (Å²) in [5.41, 5.74) is 2.33. The van der Waals surface area contributed by atoms with Gasteiger partial charge in [-0.15, -0.1) is 0 Å². The van der Waals surface area contributed by atoms with E-state index in [0.717, 1.165) is 16.7 Å². The van der Waals surface area contributed by atoms with Crippen LogP contribution in [-0.2, 0) is 24.2 Å². The van der Waals surface area contributed by atoms with Gasteiger partial charge in [-0.1, -0.05) is 96.1 Å². The molecule has 0 radical (unpaired) electrons. The van der Waals surface area contributed by atoms with E-state index >= 15 is 0 Å². The Kier molecular flexibility index (Phi) is 12.7. The van der Waals surface area contributed by atoms with Gasteiger partial charge in [-0.25, -0.2) is 4.98 Å². The summed E-state index contributed by atoms with van der Waals surface area (Å²) in [5, 5.41) is 15.1. The summed E-state index contributed by atoms with van der Waals surface area (Å²) in [6.07, 6.45) is -2.46. The van der Waals surface area contributed by atoms with Crippen molar-refractivity contribution in [3.8, 4) is 11.5 Å². The van der Waals surface area contributed by atoms with Gasteiger partial charge >= 0.3 is 0 Å². The van der Waals surface area contributed by atoms with E-state index in [0.29, 0.717) is 28.1 Å². The first-order chi connectivity index (χ1) is 26.9. The van der Waals surface area contributed by atoms with Crippen LogP contribution >= 0.6 is 0 Å².